The topological polar surface area (TPSA) is 49.4 Å². The van der Waals surface area contributed by atoms with E-state index in [4.69, 9.17) is 0 Å². The monoisotopic (exact) mass is 266 g/mol. The van der Waals surface area contributed by atoms with Crippen LogP contribution in [0.2, 0.25) is 0 Å². The molecule has 0 aromatic rings. The van der Waals surface area contributed by atoms with Gasteiger partial charge >= 0.3 is 0 Å². The van der Waals surface area contributed by atoms with Crippen LogP contribution in [-0.4, -0.2) is 34.3 Å². The molecule has 1 N–H and O–H groups in total. The second-order valence-corrected chi connectivity index (χ2v) is 6.16. The Hall–Kier alpha value is -1.06. The molecular formula is C15H26N2O2. The Morgan fingerprint density at radius 1 is 1.32 bits per heavy atom. The van der Waals surface area contributed by atoms with E-state index in [2.05, 4.69) is 12.2 Å². The van der Waals surface area contributed by atoms with Crippen molar-refractivity contribution in [3.8, 4) is 0 Å². The van der Waals surface area contributed by atoms with E-state index in [1.165, 1.54) is 0 Å². The van der Waals surface area contributed by atoms with E-state index in [-0.39, 0.29) is 17.9 Å². The van der Waals surface area contributed by atoms with E-state index in [1.807, 2.05) is 25.7 Å². The SMILES string of the molecule is CCCC1CC1N1C(=O)C(C)(CC)NC(=O)C1CC. The molecule has 1 aliphatic heterocycles. The van der Waals surface area contributed by atoms with Crippen molar-refractivity contribution in [2.45, 2.75) is 77.4 Å². The molecule has 2 fully saturated rings. The molecule has 2 aliphatic rings. The zero-order valence-electron chi connectivity index (χ0n) is 12.5. The first-order valence-electron chi connectivity index (χ1n) is 7.63. The molecule has 1 saturated carbocycles. The summed E-state index contributed by atoms with van der Waals surface area (Å²) < 4.78 is 0. The molecule has 2 rings (SSSR count). The van der Waals surface area contributed by atoms with Gasteiger partial charge in [-0.05, 0) is 38.5 Å². The maximum absolute atomic E-state index is 12.7. The number of rotatable bonds is 5. The Labute approximate surface area is 115 Å². The Bertz CT molecular complexity index is 382. The number of nitrogens with one attached hydrogen (secondary N) is 1. The molecule has 0 spiro atoms. The summed E-state index contributed by atoms with van der Waals surface area (Å²) in [6, 6.07) is 0.0355. The minimum Gasteiger partial charge on any atom is -0.340 e. The Morgan fingerprint density at radius 3 is 2.53 bits per heavy atom. The lowest BCUT2D eigenvalue weighted by molar-refractivity contribution is -0.155. The van der Waals surface area contributed by atoms with E-state index in [9.17, 15) is 9.59 Å². The summed E-state index contributed by atoms with van der Waals surface area (Å²) in [5.74, 6) is 0.744. The van der Waals surface area contributed by atoms with Crippen LogP contribution in [0.15, 0.2) is 0 Å². The van der Waals surface area contributed by atoms with Crippen LogP contribution in [0.3, 0.4) is 0 Å². The zero-order chi connectivity index (χ0) is 14.2. The molecule has 4 nitrogen and oxygen atoms in total. The summed E-state index contributed by atoms with van der Waals surface area (Å²) in [6.07, 6.45) is 4.73. The van der Waals surface area contributed by atoms with E-state index < -0.39 is 5.54 Å². The maximum Gasteiger partial charge on any atom is 0.248 e. The fourth-order valence-corrected chi connectivity index (χ4v) is 3.22. The highest BCUT2D eigenvalue weighted by molar-refractivity contribution is 5.99. The molecule has 0 aromatic heterocycles. The van der Waals surface area contributed by atoms with E-state index >= 15 is 0 Å². The average molecular weight is 266 g/mol. The molecule has 1 saturated heterocycles. The largest absolute Gasteiger partial charge is 0.340 e. The van der Waals surface area contributed by atoms with Gasteiger partial charge in [0.25, 0.3) is 0 Å². The zero-order valence-corrected chi connectivity index (χ0v) is 12.5. The Kier molecular flexibility index (Phi) is 3.88. The lowest BCUT2D eigenvalue weighted by Gasteiger charge is -2.44. The van der Waals surface area contributed by atoms with Gasteiger partial charge in [-0.25, -0.2) is 0 Å². The van der Waals surface area contributed by atoms with E-state index in [0.29, 0.717) is 24.8 Å². The Balaban J connectivity index is 2.21. The molecule has 4 heteroatoms. The fraction of sp³-hybridized carbons (Fsp3) is 0.867. The summed E-state index contributed by atoms with van der Waals surface area (Å²) in [6.45, 7) is 7.96. The number of carbonyl (C=O) groups excluding carboxylic acids is 2. The van der Waals surface area contributed by atoms with Crippen LogP contribution >= 0.6 is 0 Å². The van der Waals surface area contributed by atoms with Crippen molar-refractivity contribution in [3.05, 3.63) is 0 Å². The predicted molar refractivity (Wildman–Crippen MR) is 74.6 cm³/mol. The molecule has 19 heavy (non-hydrogen) atoms. The minimum atomic E-state index is -0.706. The molecule has 4 unspecified atom stereocenters. The highest BCUT2D eigenvalue weighted by Gasteiger charge is 2.54. The van der Waals surface area contributed by atoms with Gasteiger partial charge in [-0.3, -0.25) is 9.59 Å². The second kappa shape index (κ2) is 5.14. The number of hydrogen-bond acceptors (Lipinski definition) is 2. The van der Waals surface area contributed by atoms with Gasteiger partial charge in [0.1, 0.15) is 11.6 Å². The third kappa shape index (κ3) is 2.37. The minimum absolute atomic E-state index is 0.0219. The van der Waals surface area contributed by atoms with E-state index in [1.54, 1.807) is 0 Å². The van der Waals surface area contributed by atoms with Gasteiger partial charge in [0, 0.05) is 6.04 Å². The fourth-order valence-electron chi connectivity index (χ4n) is 3.22. The van der Waals surface area contributed by atoms with Gasteiger partial charge in [-0.1, -0.05) is 27.2 Å². The van der Waals surface area contributed by atoms with Gasteiger partial charge in [0.05, 0.1) is 0 Å². The van der Waals surface area contributed by atoms with Crippen molar-refractivity contribution >= 4 is 11.8 Å². The second-order valence-electron chi connectivity index (χ2n) is 6.16. The third-order valence-corrected chi connectivity index (χ3v) is 4.74. The van der Waals surface area contributed by atoms with Gasteiger partial charge in [-0.2, -0.15) is 0 Å². The molecule has 108 valence electrons. The van der Waals surface area contributed by atoms with Crippen molar-refractivity contribution in [2.24, 2.45) is 5.92 Å². The number of hydrogen-bond donors (Lipinski definition) is 1. The molecule has 2 amide bonds. The molecule has 1 aliphatic carbocycles. The molecule has 1 heterocycles. The number of piperazine rings is 1. The summed E-state index contributed by atoms with van der Waals surface area (Å²) in [7, 11) is 0. The van der Waals surface area contributed by atoms with E-state index in [0.717, 1.165) is 19.3 Å². The van der Waals surface area contributed by atoms with Gasteiger partial charge in [0.15, 0.2) is 0 Å². The summed E-state index contributed by atoms with van der Waals surface area (Å²) in [4.78, 5) is 26.9. The maximum atomic E-state index is 12.7. The van der Waals surface area contributed by atoms with Crippen LogP contribution in [0.4, 0.5) is 0 Å². The first kappa shape index (κ1) is 14.4. The molecule has 0 bridgehead atoms. The highest BCUT2D eigenvalue weighted by atomic mass is 16.2. The Morgan fingerprint density at radius 2 is 2.00 bits per heavy atom. The third-order valence-electron chi connectivity index (χ3n) is 4.74. The van der Waals surface area contributed by atoms with Crippen LogP contribution in [0.5, 0.6) is 0 Å². The normalized spacial score (nSPS) is 38.3. The van der Waals surface area contributed by atoms with Gasteiger partial charge in [-0.15, -0.1) is 0 Å². The van der Waals surface area contributed by atoms with Crippen molar-refractivity contribution in [1.29, 1.82) is 0 Å². The summed E-state index contributed by atoms with van der Waals surface area (Å²) >= 11 is 0. The molecular weight excluding hydrogens is 240 g/mol. The van der Waals surface area contributed by atoms with Gasteiger partial charge in [0.2, 0.25) is 11.8 Å². The van der Waals surface area contributed by atoms with Crippen LogP contribution in [0, 0.1) is 5.92 Å². The van der Waals surface area contributed by atoms with Crippen molar-refractivity contribution in [1.82, 2.24) is 10.2 Å². The summed E-state index contributed by atoms with van der Waals surface area (Å²) in [5, 5.41) is 2.92. The van der Waals surface area contributed by atoms with Crippen LogP contribution in [-0.2, 0) is 9.59 Å². The molecule has 0 radical (unpaired) electrons. The highest BCUT2D eigenvalue weighted by Crippen LogP contribution is 2.43. The predicted octanol–water partition coefficient (Wildman–Crippen LogP) is 2.08. The lowest BCUT2D eigenvalue weighted by atomic mass is 9.91. The number of carbonyl (C=O) groups is 2. The molecule has 4 atom stereocenters. The number of amides is 2. The van der Waals surface area contributed by atoms with Gasteiger partial charge < -0.3 is 10.2 Å². The first-order valence-corrected chi connectivity index (χ1v) is 7.63. The molecule has 0 aromatic carbocycles. The van der Waals surface area contributed by atoms with Crippen molar-refractivity contribution in [2.75, 3.05) is 0 Å². The smallest absolute Gasteiger partial charge is 0.248 e. The average Bonchev–Trinajstić information content (AvgIpc) is 3.13. The number of nitrogens with zero attached hydrogens (tertiary/aromatic N) is 1. The van der Waals surface area contributed by atoms with Crippen LogP contribution in [0.25, 0.3) is 0 Å². The van der Waals surface area contributed by atoms with Crippen LogP contribution < -0.4 is 5.32 Å². The standard InChI is InChI=1S/C15H26N2O2/c1-5-8-10-9-12(10)17-11(6-2)13(18)16-15(4,7-3)14(17)19/h10-12H,5-9H2,1-4H3,(H,16,18). The first-order chi connectivity index (χ1) is 8.98. The van der Waals surface area contributed by atoms with Crippen LogP contribution in [0.1, 0.15) is 59.8 Å². The van der Waals surface area contributed by atoms with Crippen molar-refractivity contribution < 1.29 is 9.59 Å². The van der Waals surface area contributed by atoms with Crippen molar-refractivity contribution in [3.63, 3.8) is 0 Å². The summed E-state index contributed by atoms with van der Waals surface area (Å²) in [5.41, 5.74) is -0.706. The lowest BCUT2D eigenvalue weighted by Crippen LogP contribution is -2.69. The quantitative estimate of drug-likeness (QED) is 0.828.